The van der Waals surface area contributed by atoms with Gasteiger partial charge in [0.25, 0.3) is 0 Å². The second-order valence-corrected chi connectivity index (χ2v) is 3.10. The summed E-state index contributed by atoms with van der Waals surface area (Å²) < 4.78 is 1.71. The molecule has 2 rings (SSSR count). The summed E-state index contributed by atoms with van der Waals surface area (Å²) in [5, 5.41) is 19.3. The molecule has 0 amide bonds. The van der Waals surface area contributed by atoms with Crippen LogP contribution in [0.15, 0.2) is 29.8 Å². The first-order chi connectivity index (χ1) is 7.74. The maximum atomic E-state index is 8.67. The third-order valence-corrected chi connectivity index (χ3v) is 2.14. The standard InChI is InChI=1S/C9H10N6O/c1-6-11-4-5-15(6)9-7(8(10)14-16)2-3-12-13-9/h2-5,16H,1H3,(H2,10,14). The van der Waals surface area contributed by atoms with Gasteiger partial charge in [-0.05, 0) is 13.0 Å². The highest BCUT2D eigenvalue weighted by atomic mass is 16.4. The van der Waals surface area contributed by atoms with Crippen molar-refractivity contribution in [3.05, 3.63) is 36.0 Å². The highest BCUT2D eigenvalue weighted by Crippen LogP contribution is 2.11. The van der Waals surface area contributed by atoms with Crippen molar-refractivity contribution in [1.82, 2.24) is 19.7 Å². The molecule has 0 aromatic carbocycles. The lowest BCUT2D eigenvalue weighted by molar-refractivity contribution is 0.318. The van der Waals surface area contributed by atoms with Crippen LogP contribution in [-0.2, 0) is 0 Å². The van der Waals surface area contributed by atoms with Crippen LogP contribution in [0.25, 0.3) is 5.82 Å². The summed E-state index contributed by atoms with van der Waals surface area (Å²) in [6.07, 6.45) is 4.84. The Labute approximate surface area is 91.2 Å². The molecule has 0 bridgehead atoms. The predicted octanol–water partition coefficient (Wildman–Crippen LogP) is 0.0652. The van der Waals surface area contributed by atoms with Gasteiger partial charge < -0.3 is 10.9 Å². The minimum absolute atomic E-state index is 0.0157. The highest BCUT2D eigenvalue weighted by Gasteiger charge is 2.11. The smallest absolute Gasteiger partial charge is 0.173 e. The molecular formula is C9H10N6O. The second kappa shape index (κ2) is 3.97. The second-order valence-electron chi connectivity index (χ2n) is 3.10. The quantitative estimate of drug-likeness (QED) is 0.321. The van der Waals surface area contributed by atoms with Crippen molar-refractivity contribution in [2.75, 3.05) is 0 Å². The maximum Gasteiger partial charge on any atom is 0.173 e. The van der Waals surface area contributed by atoms with Crippen LogP contribution in [-0.4, -0.2) is 30.8 Å². The van der Waals surface area contributed by atoms with Crippen LogP contribution < -0.4 is 5.73 Å². The van der Waals surface area contributed by atoms with Crippen molar-refractivity contribution in [1.29, 1.82) is 0 Å². The first kappa shape index (κ1) is 10.1. The number of amidine groups is 1. The number of hydrogen-bond acceptors (Lipinski definition) is 5. The normalized spacial score (nSPS) is 11.7. The molecule has 2 heterocycles. The molecule has 0 aliphatic rings. The molecule has 7 nitrogen and oxygen atoms in total. The van der Waals surface area contributed by atoms with Crippen molar-refractivity contribution in [2.45, 2.75) is 6.92 Å². The topological polar surface area (TPSA) is 102 Å². The van der Waals surface area contributed by atoms with Crippen molar-refractivity contribution in [3.8, 4) is 5.82 Å². The maximum absolute atomic E-state index is 8.67. The number of oxime groups is 1. The number of rotatable bonds is 2. The summed E-state index contributed by atoms with van der Waals surface area (Å²) >= 11 is 0. The lowest BCUT2D eigenvalue weighted by Crippen LogP contribution is -2.18. The van der Waals surface area contributed by atoms with Gasteiger partial charge >= 0.3 is 0 Å². The molecule has 16 heavy (non-hydrogen) atoms. The molecule has 2 aromatic heterocycles. The zero-order valence-corrected chi connectivity index (χ0v) is 8.57. The van der Waals surface area contributed by atoms with Gasteiger partial charge in [0.05, 0.1) is 11.8 Å². The van der Waals surface area contributed by atoms with Gasteiger partial charge in [0.2, 0.25) is 0 Å². The first-order valence-electron chi connectivity index (χ1n) is 4.54. The average molecular weight is 218 g/mol. The summed E-state index contributed by atoms with van der Waals surface area (Å²) in [5.74, 6) is 1.21. The van der Waals surface area contributed by atoms with E-state index in [1.165, 1.54) is 6.20 Å². The van der Waals surface area contributed by atoms with E-state index in [0.29, 0.717) is 11.4 Å². The molecule has 0 atom stereocenters. The van der Waals surface area contributed by atoms with E-state index < -0.39 is 0 Å². The van der Waals surface area contributed by atoms with Gasteiger partial charge in [-0.2, -0.15) is 5.10 Å². The van der Waals surface area contributed by atoms with Gasteiger partial charge in [-0.3, -0.25) is 4.57 Å². The number of aryl methyl sites for hydroxylation is 1. The lowest BCUT2D eigenvalue weighted by atomic mass is 10.2. The number of aromatic nitrogens is 4. The molecule has 0 saturated heterocycles. The summed E-state index contributed by atoms with van der Waals surface area (Å²) in [6.45, 7) is 1.82. The summed E-state index contributed by atoms with van der Waals surface area (Å²) in [7, 11) is 0. The van der Waals surface area contributed by atoms with E-state index in [4.69, 9.17) is 10.9 Å². The Morgan fingerprint density at radius 1 is 1.50 bits per heavy atom. The van der Waals surface area contributed by atoms with E-state index in [-0.39, 0.29) is 5.84 Å². The van der Waals surface area contributed by atoms with Crippen molar-refractivity contribution in [3.63, 3.8) is 0 Å². The van der Waals surface area contributed by atoms with E-state index in [1.807, 2.05) is 6.92 Å². The van der Waals surface area contributed by atoms with Crippen molar-refractivity contribution >= 4 is 5.84 Å². The first-order valence-corrected chi connectivity index (χ1v) is 4.54. The molecule has 0 aliphatic heterocycles. The number of nitrogens with zero attached hydrogens (tertiary/aromatic N) is 5. The Morgan fingerprint density at radius 3 is 2.94 bits per heavy atom. The Bertz CT molecular complexity index is 532. The SMILES string of the molecule is Cc1nccn1-c1nnccc1/C(N)=N/O. The number of nitrogens with two attached hydrogens (primary N) is 1. The van der Waals surface area contributed by atoms with E-state index in [9.17, 15) is 0 Å². The fourth-order valence-corrected chi connectivity index (χ4v) is 1.36. The molecule has 0 spiro atoms. The fourth-order valence-electron chi connectivity index (χ4n) is 1.36. The molecule has 2 aromatic rings. The van der Waals surface area contributed by atoms with Gasteiger partial charge in [0.1, 0.15) is 5.82 Å². The molecule has 82 valence electrons. The fraction of sp³-hybridized carbons (Fsp3) is 0.111. The molecule has 3 N–H and O–H groups in total. The Hall–Kier alpha value is -2.44. The molecule has 0 fully saturated rings. The largest absolute Gasteiger partial charge is 0.409 e. The van der Waals surface area contributed by atoms with E-state index in [1.54, 1.807) is 23.0 Å². The van der Waals surface area contributed by atoms with Crippen molar-refractivity contribution in [2.24, 2.45) is 10.9 Å². The molecule has 0 aliphatic carbocycles. The van der Waals surface area contributed by atoms with Crippen LogP contribution in [0.3, 0.4) is 0 Å². The van der Waals surface area contributed by atoms with Crippen LogP contribution in [0, 0.1) is 6.92 Å². The molecule has 0 saturated carbocycles. The summed E-state index contributed by atoms with van der Waals surface area (Å²) in [6, 6.07) is 1.62. The Kier molecular flexibility index (Phi) is 2.50. The van der Waals surface area contributed by atoms with Crippen LogP contribution in [0.4, 0.5) is 0 Å². The van der Waals surface area contributed by atoms with E-state index in [0.717, 1.165) is 5.82 Å². The monoisotopic (exact) mass is 218 g/mol. The van der Waals surface area contributed by atoms with Crippen LogP contribution >= 0.6 is 0 Å². The van der Waals surface area contributed by atoms with Crippen LogP contribution in [0.2, 0.25) is 0 Å². The Morgan fingerprint density at radius 2 is 2.31 bits per heavy atom. The number of hydrogen-bond donors (Lipinski definition) is 2. The molecule has 7 heteroatoms. The third-order valence-electron chi connectivity index (χ3n) is 2.14. The lowest BCUT2D eigenvalue weighted by Gasteiger charge is -2.07. The predicted molar refractivity (Wildman–Crippen MR) is 56.4 cm³/mol. The van der Waals surface area contributed by atoms with Gasteiger partial charge in [-0.25, -0.2) is 4.98 Å². The van der Waals surface area contributed by atoms with Gasteiger partial charge in [0, 0.05) is 12.4 Å². The van der Waals surface area contributed by atoms with Crippen LogP contribution in [0.5, 0.6) is 0 Å². The van der Waals surface area contributed by atoms with E-state index in [2.05, 4.69) is 20.3 Å². The Balaban J connectivity index is 2.62. The molecule has 0 radical (unpaired) electrons. The summed E-state index contributed by atoms with van der Waals surface area (Å²) in [5.41, 5.74) is 6.05. The molecular weight excluding hydrogens is 208 g/mol. The minimum Gasteiger partial charge on any atom is -0.409 e. The third kappa shape index (κ3) is 1.58. The van der Waals surface area contributed by atoms with Crippen molar-refractivity contribution < 1.29 is 5.21 Å². The van der Waals surface area contributed by atoms with E-state index >= 15 is 0 Å². The van der Waals surface area contributed by atoms with Gasteiger partial charge in [-0.1, -0.05) is 5.16 Å². The average Bonchev–Trinajstić information content (AvgIpc) is 2.74. The number of imidazole rings is 1. The van der Waals surface area contributed by atoms with Crippen LogP contribution in [0.1, 0.15) is 11.4 Å². The van der Waals surface area contributed by atoms with Gasteiger partial charge in [-0.15, -0.1) is 5.10 Å². The molecule has 0 unspecified atom stereocenters. The highest BCUT2D eigenvalue weighted by molar-refractivity contribution is 5.99. The minimum atomic E-state index is -0.0157. The zero-order valence-electron chi connectivity index (χ0n) is 8.57. The summed E-state index contributed by atoms with van der Waals surface area (Å²) in [4.78, 5) is 4.07. The van der Waals surface area contributed by atoms with Gasteiger partial charge in [0.15, 0.2) is 11.7 Å². The zero-order chi connectivity index (χ0) is 11.5.